The molecular weight excluding hydrogens is 278 g/mol. The third kappa shape index (κ3) is 2.56. The number of aryl methyl sites for hydroxylation is 1. The molecule has 6 nitrogen and oxygen atoms in total. The normalized spacial score (nSPS) is 17.8. The van der Waals surface area contributed by atoms with Gasteiger partial charge in [0.25, 0.3) is 5.91 Å². The van der Waals surface area contributed by atoms with Crippen LogP contribution in [0.4, 0.5) is 5.82 Å². The van der Waals surface area contributed by atoms with Gasteiger partial charge in [-0.25, -0.2) is 4.98 Å². The summed E-state index contributed by atoms with van der Waals surface area (Å²) in [4.78, 5) is 21.1. The highest BCUT2D eigenvalue weighted by atomic mass is 16.2. The van der Waals surface area contributed by atoms with Crippen molar-refractivity contribution >= 4 is 11.7 Å². The molecule has 1 fully saturated rings. The average molecular weight is 299 g/mol. The minimum Gasteiger partial charge on any atom is -0.363 e. The number of pyridine rings is 1. The first-order valence-corrected chi connectivity index (χ1v) is 7.50. The maximum atomic E-state index is 12.8. The van der Waals surface area contributed by atoms with E-state index >= 15 is 0 Å². The van der Waals surface area contributed by atoms with Crippen molar-refractivity contribution in [3.63, 3.8) is 0 Å². The first-order valence-electron chi connectivity index (χ1n) is 7.50. The molecule has 1 aliphatic heterocycles. The summed E-state index contributed by atoms with van der Waals surface area (Å²) in [5.74, 6) is 0.961. The van der Waals surface area contributed by atoms with Crippen LogP contribution in [-0.2, 0) is 7.05 Å². The van der Waals surface area contributed by atoms with E-state index in [-0.39, 0.29) is 11.9 Å². The fourth-order valence-electron chi connectivity index (χ4n) is 2.97. The van der Waals surface area contributed by atoms with E-state index in [9.17, 15) is 4.79 Å². The molecule has 22 heavy (non-hydrogen) atoms. The highest BCUT2D eigenvalue weighted by Crippen LogP contribution is 2.33. The molecule has 1 atom stereocenters. The zero-order valence-corrected chi connectivity index (χ0v) is 13.2. The summed E-state index contributed by atoms with van der Waals surface area (Å²) >= 11 is 0. The standard InChI is InChI=1S/C16H21N5O/c1-19(2)15-11-12(6-8-17-15)13-5-4-10-21(13)16(22)14-7-9-18-20(14)3/h6-9,11,13H,4-5,10H2,1-3H3/t13-/m0/s1. The van der Waals surface area contributed by atoms with E-state index in [0.717, 1.165) is 30.8 Å². The van der Waals surface area contributed by atoms with Gasteiger partial charge in [0.15, 0.2) is 0 Å². The number of carbonyl (C=O) groups excluding carboxylic acids is 1. The fraction of sp³-hybridized carbons (Fsp3) is 0.438. The summed E-state index contributed by atoms with van der Waals surface area (Å²) in [6.45, 7) is 0.786. The van der Waals surface area contributed by atoms with Crippen molar-refractivity contribution in [2.75, 3.05) is 25.5 Å². The molecular formula is C16H21N5O. The number of rotatable bonds is 3. The van der Waals surface area contributed by atoms with E-state index < -0.39 is 0 Å². The Hall–Kier alpha value is -2.37. The third-order valence-corrected chi connectivity index (χ3v) is 4.17. The lowest BCUT2D eigenvalue weighted by molar-refractivity contribution is 0.0724. The van der Waals surface area contributed by atoms with Crippen molar-refractivity contribution in [2.24, 2.45) is 7.05 Å². The van der Waals surface area contributed by atoms with Crippen molar-refractivity contribution in [1.82, 2.24) is 19.7 Å². The van der Waals surface area contributed by atoms with E-state index in [1.165, 1.54) is 0 Å². The second-order valence-electron chi connectivity index (χ2n) is 5.84. The first kappa shape index (κ1) is 14.6. The molecule has 0 N–H and O–H groups in total. The van der Waals surface area contributed by atoms with Crippen LogP contribution in [0.2, 0.25) is 0 Å². The molecule has 0 saturated carbocycles. The van der Waals surface area contributed by atoms with Crippen molar-refractivity contribution < 1.29 is 4.79 Å². The molecule has 1 saturated heterocycles. The largest absolute Gasteiger partial charge is 0.363 e. The topological polar surface area (TPSA) is 54.3 Å². The van der Waals surface area contributed by atoms with E-state index in [1.807, 2.05) is 36.2 Å². The number of nitrogens with zero attached hydrogens (tertiary/aromatic N) is 5. The molecule has 0 unspecified atom stereocenters. The van der Waals surface area contributed by atoms with Gasteiger partial charge in [-0.1, -0.05) is 0 Å². The Kier molecular flexibility index (Phi) is 3.83. The fourth-order valence-corrected chi connectivity index (χ4v) is 2.97. The van der Waals surface area contributed by atoms with E-state index in [4.69, 9.17) is 0 Å². The van der Waals surface area contributed by atoms with Crippen LogP contribution in [0, 0.1) is 0 Å². The van der Waals surface area contributed by atoms with Crippen LogP contribution in [0.1, 0.15) is 34.9 Å². The lowest BCUT2D eigenvalue weighted by Crippen LogP contribution is -2.32. The predicted octanol–water partition coefficient (Wildman–Crippen LogP) is 1.86. The number of hydrogen-bond donors (Lipinski definition) is 0. The summed E-state index contributed by atoms with van der Waals surface area (Å²) in [6.07, 6.45) is 5.49. The zero-order valence-electron chi connectivity index (χ0n) is 13.2. The van der Waals surface area contributed by atoms with Gasteiger partial charge in [-0.05, 0) is 36.6 Å². The number of amides is 1. The number of likely N-dealkylation sites (tertiary alicyclic amines) is 1. The summed E-state index contributed by atoms with van der Waals surface area (Å²) in [7, 11) is 5.74. The summed E-state index contributed by atoms with van der Waals surface area (Å²) in [6, 6.07) is 5.96. The minimum atomic E-state index is 0.0470. The van der Waals surface area contributed by atoms with Gasteiger partial charge < -0.3 is 9.80 Å². The maximum Gasteiger partial charge on any atom is 0.272 e. The molecule has 1 amide bonds. The van der Waals surface area contributed by atoms with Crippen LogP contribution in [-0.4, -0.2) is 46.2 Å². The Balaban J connectivity index is 1.89. The summed E-state index contributed by atoms with van der Waals surface area (Å²) in [5, 5.41) is 4.10. The van der Waals surface area contributed by atoms with Crippen LogP contribution < -0.4 is 4.90 Å². The van der Waals surface area contributed by atoms with Gasteiger partial charge in [-0.15, -0.1) is 0 Å². The molecule has 3 heterocycles. The van der Waals surface area contributed by atoms with Gasteiger partial charge in [0.1, 0.15) is 11.5 Å². The molecule has 0 aliphatic carbocycles. The van der Waals surface area contributed by atoms with Crippen LogP contribution in [0.15, 0.2) is 30.6 Å². The quantitative estimate of drug-likeness (QED) is 0.868. The van der Waals surface area contributed by atoms with Crippen LogP contribution in [0.3, 0.4) is 0 Å². The predicted molar refractivity (Wildman–Crippen MR) is 84.8 cm³/mol. The Morgan fingerprint density at radius 1 is 1.32 bits per heavy atom. The molecule has 2 aromatic rings. The summed E-state index contributed by atoms with van der Waals surface area (Å²) in [5.41, 5.74) is 1.78. The van der Waals surface area contributed by atoms with E-state index in [2.05, 4.69) is 16.1 Å². The average Bonchev–Trinajstić information content (AvgIpc) is 3.15. The third-order valence-electron chi connectivity index (χ3n) is 4.17. The molecule has 6 heteroatoms. The number of anilines is 1. The van der Waals surface area contributed by atoms with Gasteiger partial charge in [-0.2, -0.15) is 5.10 Å². The molecule has 3 rings (SSSR count). The lowest BCUT2D eigenvalue weighted by atomic mass is 10.1. The lowest BCUT2D eigenvalue weighted by Gasteiger charge is -2.25. The van der Waals surface area contributed by atoms with Crippen molar-refractivity contribution in [2.45, 2.75) is 18.9 Å². The van der Waals surface area contributed by atoms with Gasteiger partial charge in [0.2, 0.25) is 0 Å². The Labute approximate surface area is 130 Å². The van der Waals surface area contributed by atoms with Crippen molar-refractivity contribution in [1.29, 1.82) is 0 Å². The minimum absolute atomic E-state index is 0.0470. The molecule has 0 bridgehead atoms. The summed E-state index contributed by atoms with van der Waals surface area (Å²) < 4.78 is 1.63. The maximum absolute atomic E-state index is 12.8. The monoisotopic (exact) mass is 299 g/mol. The van der Waals surface area contributed by atoms with Gasteiger partial charge in [0.05, 0.1) is 6.04 Å². The molecule has 1 aliphatic rings. The van der Waals surface area contributed by atoms with Crippen LogP contribution in [0.25, 0.3) is 0 Å². The smallest absolute Gasteiger partial charge is 0.272 e. The highest BCUT2D eigenvalue weighted by molar-refractivity contribution is 5.93. The highest BCUT2D eigenvalue weighted by Gasteiger charge is 2.32. The first-order chi connectivity index (χ1) is 10.6. The van der Waals surface area contributed by atoms with Crippen molar-refractivity contribution in [3.05, 3.63) is 41.9 Å². The molecule has 0 radical (unpaired) electrons. The number of aromatic nitrogens is 3. The molecule has 0 spiro atoms. The van der Waals surface area contributed by atoms with Gasteiger partial charge in [0, 0.05) is 40.1 Å². The molecule has 0 aromatic carbocycles. The van der Waals surface area contributed by atoms with Crippen LogP contribution >= 0.6 is 0 Å². The number of carbonyl (C=O) groups is 1. The van der Waals surface area contributed by atoms with Crippen molar-refractivity contribution in [3.8, 4) is 0 Å². The Morgan fingerprint density at radius 3 is 2.82 bits per heavy atom. The second kappa shape index (κ2) is 5.79. The molecule has 116 valence electrons. The zero-order chi connectivity index (χ0) is 15.7. The Morgan fingerprint density at radius 2 is 2.14 bits per heavy atom. The van der Waals surface area contributed by atoms with E-state index in [0.29, 0.717) is 5.69 Å². The van der Waals surface area contributed by atoms with Gasteiger partial charge >= 0.3 is 0 Å². The van der Waals surface area contributed by atoms with E-state index in [1.54, 1.807) is 24.0 Å². The SMILES string of the molecule is CN(C)c1cc([C@@H]2CCCN2C(=O)c2ccnn2C)ccn1. The second-order valence-corrected chi connectivity index (χ2v) is 5.84. The number of hydrogen-bond acceptors (Lipinski definition) is 4. The van der Waals surface area contributed by atoms with Gasteiger partial charge in [-0.3, -0.25) is 9.48 Å². The Bertz CT molecular complexity index is 679. The van der Waals surface area contributed by atoms with Crippen LogP contribution in [0.5, 0.6) is 0 Å². The molecule has 2 aromatic heterocycles.